The van der Waals surface area contributed by atoms with E-state index >= 15 is 0 Å². The third kappa shape index (κ3) is 4.54. The maximum absolute atomic E-state index is 14.3. The molecule has 226 valence electrons. The zero-order chi connectivity index (χ0) is 31.1. The molecule has 43 heavy (non-hydrogen) atoms. The Balaban J connectivity index is 1.33. The summed E-state index contributed by atoms with van der Waals surface area (Å²) < 4.78 is 87.3. The number of nitrogens with zero attached hydrogens (tertiary/aromatic N) is 4. The minimum Gasteiger partial charge on any atom is -0.490 e. The van der Waals surface area contributed by atoms with E-state index in [1.54, 1.807) is 19.3 Å². The van der Waals surface area contributed by atoms with Gasteiger partial charge in [-0.3, -0.25) is 19.2 Å². The SMILES string of the molecule is Cn1cc(-c2ccc3c(c2)S(=O)(=O)C[C@]32NC(=O)N(CC(=O)N3Cc4cc(F)ccc4OC[C@]3(I)C(F)(F)F)C2=O)cn1. The van der Waals surface area contributed by atoms with Crippen LogP contribution in [-0.2, 0) is 38.6 Å². The van der Waals surface area contributed by atoms with E-state index in [0.29, 0.717) is 20.9 Å². The molecule has 2 aromatic carbocycles. The van der Waals surface area contributed by atoms with Crippen LogP contribution in [0.5, 0.6) is 5.75 Å². The Bertz CT molecular complexity index is 1830. The van der Waals surface area contributed by atoms with Crippen molar-refractivity contribution in [3.8, 4) is 16.9 Å². The largest absolute Gasteiger partial charge is 0.490 e. The molecule has 6 rings (SSSR count). The van der Waals surface area contributed by atoms with Gasteiger partial charge in [-0.25, -0.2) is 17.6 Å². The van der Waals surface area contributed by atoms with Gasteiger partial charge in [-0.1, -0.05) is 12.1 Å². The van der Waals surface area contributed by atoms with Gasteiger partial charge < -0.3 is 15.0 Å². The quantitative estimate of drug-likeness (QED) is 0.144. The van der Waals surface area contributed by atoms with E-state index in [1.807, 2.05) is 0 Å². The van der Waals surface area contributed by atoms with Crippen LogP contribution in [0, 0.1) is 5.82 Å². The summed E-state index contributed by atoms with van der Waals surface area (Å²) in [5.74, 6) is -4.07. The Morgan fingerprint density at radius 2 is 1.91 bits per heavy atom. The fraction of sp³-hybridized carbons (Fsp3) is 0.308. The van der Waals surface area contributed by atoms with Crippen molar-refractivity contribution in [3.63, 3.8) is 0 Å². The number of urea groups is 1. The number of sulfone groups is 1. The molecule has 1 aromatic heterocycles. The molecule has 1 saturated heterocycles. The number of aryl methyl sites for hydroxylation is 1. The zero-order valence-corrected chi connectivity index (χ0v) is 25.0. The summed E-state index contributed by atoms with van der Waals surface area (Å²) in [5, 5.41) is 6.43. The molecule has 0 radical (unpaired) electrons. The number of carbonyl (C=O) groups excluding carboxylic acids is 3. The molecule has 1 spiro atoms. The number of nitrogens with one attached hydrogen (secondary N) is 1. The Kier molecular flexibility index (Phi) is 6.57. The number of benzene rings is 2. The number of amides is 4. The van der Waals surface area contributed by atoms with Gasteiger partial charge in [-0.05, 0) is 52.4 Å². The van der Waals surface area contributed by atoms with Crippen molar-refractivity contribution in [3.05, 3.63) is 65.7 Å². The molecule has 2 atom stereocenters. The van der Waals surface area contributed by atoms with E-state index in [0.717, 1.165) is 40.8 Å². The molecule has 4 amide bonds. The van der Waals surface area contributed by atoms with Crippen LogP contribution in [0.4, 0.5) is 22.4 Å². The molecular weight excluding hydrogens is 713 g/mol. The van der Waals surface area contributed by atoms with E-state index in [4.69, 9.17) is 4.74 Å². The van der Waals surface area contributed by atoms with E-state index in [9.17, 15) is 40.4 Å². The summed E-state index contributed by atoms with van der Waals surface area (Å²) in [6, 6.07) is 6.20. The molecular formula is C26H20F4IN5O6S. The number of alkyl halides is 4. The monoisotopic (exact) mass is 733 g/mol. The summed E-state index contributed by atoms with van der Waals surface area (Å²) in [6.45, 7) is -2.92. The highest BCUT2D eigenvalue weighted by atomic mass is 127. The molecule has 0 aliphatic carbocycles. The second-order valence-corrected chi connectivity index (χ2v) is 14.1. The van der Waals surface area contributed by atoms with Crippen LogP contribution in [-0.4, -0.2) is 74.5 Å². The standard InChI is InChI=1S/C26H20F4IN5O6S/c1-34-9-16(8-32-34)14-2-4-18-20(7-14)43(40,41)13-24(18)22(38)35(23(39)33-24)11-21(37)36-10-15-6-17(27)3-5-19(15)42-12-25(36,31)26(28,29)30/h2-9H,10-13H2,1H3,(H,33,39)/t24-,25+/m0/s1. The molecule has 0 bridgehead atoms. The van der Waals surface area contributed by atoms with Gasteiger partial charge in [0.1, 0.15) is 24.7 Å². The maximum Gasteiger partial charge on any atom is 0.424 e. The number of hydrogen-bond acceptors (Lipinski definition) is 7. The van der Waals surface area contributed by atoms with Crippen LogP contribution < -0.4 is 10.1 Å². The Morgan fingerprint density at radius 3 is 2.58 bits per heavy atom. The van der Waals surface area contributed by atoms with Crippen molar-refractivity contribution < 1.29 is 45.1 Å². The van der Waals surface area contributed by atoms with Gasteiger partial charge in [0, 0.05) is 29.9 Å². The minimum absolute atomic E-state index is 0.0282. The van der Waals surface area contributed by atoms with Crippen LogP contribution in [0.3, 0.4) is 0 Å². The van der Waals surface area contributed by atoms with Gasteiger partial charge in [0.25, 0.3) is 5.91 Å². The van der Waals surface area contributed by atoms with Crippen molar-refractivity contribution in [1.29, 1.82) is 0 Å². The Morgan fingerprint density at radius 1 is 1.16 bits per heavy atom. The molecule has 1 fully saturated rings. The molecule has 3 aromatic rings. The van der Waals surface area contributed by atoms with E-state index in [1.165, 1.54) is 23.0 Å². The first-order valence-corrected chi connectivity index (χ1v) is 15.3. The second-order valence-electron chi connectivity index (χ2n) is 10.4. The third-order valence-electron chi connectivity index (χ3n) is 7.62. The predicted molar refractivity (Wildman–Crippen MR) is 148 cm³/mol. The fourth-order valence-electron chi connectivity index (χ4n) is 5.47. The smallest absolute Gasteiger partial charge is 0.424 e. The number of fused-ring (bicyclic) bond motifs is 3. The molecule has 17 heteroatoms. The lowest BCUT2D eigenvalue weighted by atomic mass is 9.91. The number of aromatic nitrogens is 2. The summed E-state index contributed by atoms with van der Waals surface area (Å²) in [7, 11) is -2.44. The minimum atomic E-state index is -5.03. The highest BCUT2D eigenvalue weighted by Crippen LogP contribution is 2.46. The lowest BCUT2D eigenvalue weighted by Gasteiger charge is -2.39. The predicted octanol–water partition coefficient (Wildman–Crippen LogP) is 2.88. The Hall–Kier alpha value is -3.74. The van der Waals surface area contributed by atoms with Crippen molar-refractivity contribution in [2.75, 3.05) is 18.9 Å². The summed E-state index contributed by atoms with van der Waals surface area (Å²) in [6.07, 6.45) is -1.86. The normalized spacial score (nSPS) is 24.4. The number of imide groups is 1. The van der Waals surface area contributed by atoms with Gasteiger partial charge in [-0.2, -0.15) is 18.3 Å². The first-order valence-electron chi connectivity index (χ1n) is 12.5. The van der Waals surface area contributed by atoms with Crippen molar-refractivity contribution in [2.45, 2.75) is 26.7 Å². The lowest BCUT2D eigenvalue weighted by Crippen LogP contribution is -2.60. The average molecular weight is 733 g/mol. The van der Waals surface area contributed by atoms with Crippen LogP contribution in [0.1, 0.15) is 11.1 Å². The molecule has 0 saturated carbocycles. The van der Waals surface area contributed by atoms with E-state index < -0.39 is 74.2 Å². The number of halogens is 5. The molecule has 3 aliphatic rings. The molecule has 0 unspecified atom stereocenters. The van der Waals surface area contributed by atoms with Gasteiger partial charge in [0.05, 0.1) is 23.4 Å². The first-order chi connectivity index (χ1) is 20.1. The number of carbonyl (C=O) groups is 3. The summed E-state index contributed by atoms with van der Waals surface area (Å²) >= 11 is 1.02. The summed E-state index contributed by atoms with van der Waals surface area (Å²) in [5.41, 5.74) is -1.07. The average Bonchev–Trinajstić information content (AvgIpc) is 3.49. The van der Waals surface area contributed by atoms with Crippen LogP contribution in [0.15, 0.2) is 53.7 Å². The highest BCUT2D eigenvalue weighted by Gasteiger charge is 2.63. The number of ether oxygens (including phenoxy) is 1. The van der Waals surface area contributed by atoms with Gasteiger partial charge in [-0.15, -0.1) is 0 Å². The van der Waals surface area contributed by atoms with Crippen LogP contribution in [0.25, 0.3) is 11.1 Å². The molecule has 11 nitrogen and oxygen atoms in total. The molecule has 1 N–H and O–H groups in total. The fourth-order valence-corrected chi connectivity index (χ4v) is 8.03. The zero-order valence-electron chi connectivity index (χ0n) is 22.0. The third-order valence-corrected chi connectivity index (χ3v) is 10.9. The maximum atomic E-state index is 14.3. The van der Waals surface area contributed by atoms with Gasteiger partial charge in [0.15, 0.2) is 15.4 Å². The highest BCUT2D eigenvalue weighted by molar-refractivity contribution is 14.1. The number of hydrogen-bond donors (Lipinski definition) is 1. The van der Waals surface area contributed by atoms with E-state index in [-0.39, 0.29) is 21.8 Å². The Labute approximate surface area is 254 Å². The second kappa shape index (κ2) is 9.63. The summed E-state index contributed by atoms with van der Waals surface area (Å²) in [4.78, 5) is 40.9. The van der Waals surface area contributed by atoms with Crippen molar-refractivity contribution in [1.82, 2.24) is 24.9 Å². The van der Waals surface area contributed by atoms with Crippen LogP contribution >= 0.6 is 22.6 Å². The van der Waals surface area contributed by atoms with Crippen molar-refractivity contribution in [2.24, 2.45) is 7.05 Å². The molecule has 3 aliphatic heterocycles. The van der Waals surface area contributed by atoms with E-state index in [2.05, 4.69) is 10.4 Å². The first kappa shape index (κ1) is 29.3. The van der Waals surface area contributed by atoms with Gasteiger partial charge in [0.2, 0.25) is 9.45 Å². The lowest BCUT2D eigenvalue weighted by molar-refractivity contribution is -0.201. The van der Waals surface area contributed by atoms with Gasteiger partial charge >= 0.3 is 12.2 Å². The topological polar surface area (TPSA) is 131 Å². The van der Waals surface area contributed by atoms with Crippen molar-refractivity contribution >= 4 is 50.3 Å². The molecule has 4 heterocycles. The number of rotatable bonds is 3. The van der Waals surface area contributed by atoms with Crippen LogP contribution in [0.2, 0.25) is 0 Å².